The number of rotatable bonds is 10. The predicted octanol–water partition coefficient (Wildman–Crippen LogP) is 4.93. The van der Waals surface area contributed by atoms with Crippen LogP contribution in [0.2, 0.25) is 0 Å². The molecule has 1 aromatic carbocycles. The summed E-state index contributed by atoms with van der Waals surface area (Å²) in [6, 6.07) is 6.67. The first kappa shape index (κ1) is 19.9. The molecule has 0 fully saturated rings. The van der Waals surface area contributed by atoms with E-state index in [1.165, 1.54) is 0 Å². The van der Waals surface area contributed by atoms with E-state index in [2.05, 4.69) is 19.1 Å². The van der Waals surface area contributed by atoms with Crippen LogP contribution in [-0.4, -0.2) is 18.5 Å². The number of benzene rings is 1. The highest BCUT2D eigenvalue weighted by Gasteiger charge is 2.19. The molecule has 24 heavy (non-hydrogen) atoms. The van der Waals surface area contributed by atoms with E-state index < -0.39 is 5.97 Å². The standard InChI is InChI=1S/C20H28O4/c1-4-6-7-8-9-10-13-16(3)19(21)24-18-15-12-11-14-17(18)20(22)23-5-2/h6-7,11-12,14-16H,4-5,8-10,13H2,1-3H3/b7-6-. The molecule has 0 saturated carbocycles. The molecule has 1 atom stereocenters. The van der Waals surface area contributed by atoms with E-state index in [4.69, 9.17) is 9.47 Å². The van der Waals surface area contributed by atoms with Crippen molar-refractivity contribution in [2.24, 2.45) is 5.92 Å². The molecular formula is C20H28O4. The molecule has 1 rings (SSSR count). The average molecular weight is 332 g/mol. The van der Waals surface area contributed by atoms with E-state index in [1.54, 1.807) is 31.2 Å². The van der Waals surface area contributed by atoms with Crippen molar-refractivity contribution < 1.29 is 19.1 Å². The summed E-state index contributed by atoms with van der Waals surface area (Å²) in [5.41, 5.74) is 0.282. The van der Waals surface area contributed by atoms with Crippen molar-refractivity contribution in [2.45, 2.75) is 52.9 Å². The lowest BCUT2D eigenvalue weighted by Crippen LogP contribution is -2.19. The van der Waals surface area contributed by atoms with Crippen LogP contribution in [0, 0.1) is 5.92 Å². The van der Waals surface area contributed by atoms with Gasteiger partial charge in [0.2, 0.25) is 0 Å². The number of carbonyl (C=O) groups excluding carboxylic acids is 2. The number of ether oxygens (including phenoxy) is 2. The quantitative estimate of drug-likeness (QED) is 0.264. The maximum absolute atomic E-state index is 12.2. The van der Waals surface area contributed by atoms with Gasteiger partial charge >= 0.3 is 11.9 Å². The number of esters is 2. The molecule has 0 aliphatic carbocycles. The monoisotopic (exact) mass is 332 g/mol. The lowest BCUT2D eigenvalue weighted by atomic mass is 10.0. The second-order valence-electron chi connectivity index (χ2n) is 5.70. The van der Waals surface area contributed by atoms with Crippen LogP contribution >= 0.6 is 0 Å². The third-order valence-electron chi connectivity index (χ3n) is 3.66. The zero-order valence-electron chi connectivity index (χ0n) is 14.9. The molecule has 0 aromatic heterocycles. The fourth-order valence-electron chi connectivity index (χ4n) is 2.26. The molecule has 0 N–H and O–H groups in total. The molecular weight excluding hydrogens is 304 g/mol. The van der Waals surface area contributed by atoms with E-state index in [0.717, 1.165) is 32.1 Å². The topological polar surface area (TPSA) is 52.6 Å². The summed E-state index contributed by atoms with van der Waals surface area (Å²) in [7, 11) is 0. The summed E-state index contributed by atoms with van der Waals surface area (Å²) < 4.78 is 10.4. The van der Waals surface area contributed by atoms with Gasteiger partial charge in [-0.2, -0.15) is 0 Å². The van der Waals surface area contributed by atoms with E-state index in [0.29, 0.717) is 0 Å². The van der Waals surface area contributed by atoms with Crippen LogP contribution in [0.4, 0.5) is 0 Å². The molecule has 0 bridgehead atoms. The Morgan fingerprint density at radius 2 is 1.88 bits per heavy atom. The largest absolute Gasteiger partial charge is 0.462 e. The van der Waals surface area contributed by atoms with Gasteiger partial charge in [-0.25, -0.2) is 4.79 Å². The van der Waals surface area contributed by atoms with Crippen LogP contribution < -0.4 is 4.74 Å². The predicted molar refractivity (Wildman–Crippen MR) is 95.1 cm³/mol. The molecule has 0 amide bonds. The first-order valence-corrected chi connectivity index (χ1v) is 8.72. The summed E-state index contributed by atoms with van der Waals surface area (Å²) >= 11 is 0. The van der Waals surface area contributed by atoms with Gasteiger partial charge < -0.3 is 9.47 Å². The van der Waals surface area contributed by atoms with Gasteiger partial charge in [-0.05, 0) is 44.7 Å². The van der Waals surface area contributed by atoms with Gasteiger partial charge in [0, 0.05) is 0 Å². The minimum Gasteiger partial charge on any atom is -0.462 e. The fourth-order valence-corrected chi connectivity index (χ4v) is 2.26. The highest BCUT2D eigenvalue weighted by Crippen LogP contribution is 2.21. The number of hydrogen-bond donors (Lipinski definition) is 0. The molecule has 1 aromatic rings. The van der Waals surface area contributed by atoms with Gasteiger partial charge in [-0.1, -0.05) is 44.6 Å². The minimum atomic E-state index is -0.476. The number of carbonyl (C=O) groups is 2. The van der Waals surface area contributed by atoms with Gasteiger partial charge in [-0.15, -0.1) is 0 Å². The van der Waals surface area contributed by atoms with Gasteiger partial charge in [0.15, 0.2) is 0 Å². The van der Waals surface area contributed by atoms with Gasteiger partial charge in [0.25, 0.3) is 0 Å². The SMILES string of the molecule is CC/C=C\CCCCC(C)C(=O)Oc1ccccc1C(=O)OCC. The minimum absolute atomic E-state index is 0.199. The Labute approximate surface area is 144 Å². The van der Waals surface area contributed by atoms with Crippen molar-refractivity contribution in [3.05, 3.63) is 42.0 Å². The lowest BCUT2D eigenvalue weighted by Gasteiger charge is -2.13. The highest BCUT2D eigenvalue weighted by atomic mass is 16.5. The second-order valence-corrected chi connectivity index (χ2v) is 5.70. The second kappa shape index (κ2) is 11.4. The van der Waals surface area contributed by atoms with Gasteiger partial charge in [0.05, 0.1) is 12.5 Å². The fraction of sp³-hybridized carbons (Fsp3) is 0.500. The average Bonchev–Trinajstić information content (AvgIpc) is 2.58. The molecule has 1 unspecified atom stereocenters. The summed E-state index contributed by atoms with van der Waals surface area (Å²) in [5.74, 6) is -0.721. The number of allylic oxidation sites excluding steroid dienone is 2. The zero-order chi connectivity index (χ0) is 17.8. The Morgan fingerprint density at radius 3 is 2.58 bits per heavy atom. The third kappa shape index (κ3) is 6.99. The molecule has 4 nitrogen and oxygen atoms in total. The van der Waals surface area contributed by atoms with Crippen LogP contribution in [-0.2, 0) is 9.53 Å². The molecule has 0 radical (unpaired) electrons. The van der Waals surface area contributed by atoms with Crippen molar-refractivity contribution in [2.75, 3.05) is 6.61 Å². The first-order valence-electron chi connectivity index (χ1n) is 8.72. The van der Waals surface area contributed by atoms with Crippen molar-refractivity contribution in [1.82, 2.24) is 0 Å². The summed E-state index contributed by atoms with van der Waals surface area (Å²) in [5, 5.41) is 0. The van der Waals surface area contributed by atoms with Crippen LogP contribution in [0.3, 0.4) is 0 Å². The molecule has 0 spiro atoms. The summed E-state index contributed by atoms with van der Waals surface area (Å²) in [6.45, 7) is 5.99. The molecule has 0 aliphatic heterocycles. The lowest BCUT2D eigenvalue weighted by molar-refractivity contribution is -0.138. The first-order chi connectivity index (χ1) is 11.6. The Bertz CT molecular complexity index is 548. The van der Waals surface area contributed by atoms with Crippen molar-refractivity contribution in [1.29, 1.82) is 0 Å². The maximum atomic E-state index is 12.2. The smallest absolute Gasteiger partial charge is 0.341 e. The zero-order valence-corrected chi connectivity index (χ0v) is 14.9. The Morgan fingerprint density at radius 1 is 1.12 bits per heavy atom. The number of para-hydroxylation sites is 1. The van der Waals surface area contributed by atoms with Gasteiger partial charge in [0.1, 0.15) is 11.3 Å². The number of hydrogen-bond acceptors (Lipinski definition) is 4. The Kier molecular flexibility index (Phi) is 9.51. The van der Waals surface area contributed by atoms with E-state index in [9.17, 15) is 9.59 Å². The van der Waals surface area contributed by atoms with Gasteiger partial charge in [-0.3, -0.25) is 4.79 Å². The third-order valence-corrected chi connectivity index (χ3v) is 3.66. The van der Waals surface area contributed by atoms with Crippen LogP contribution in [0.25, 0.3) is 0 Å². The molecule has 0 saturated heterocycles. The van der Waals surface area contributed by atoms with Crippen molar-refractivity contribution in [3.63, 3.8) is 0 Å². The van der Waals surface area contributed by atoms with Crippen LogP contribution in [0.1, 0.15) is 63.2 Å². The summed E-state index contributed by atoms with van der Waals surface area (Å²) in [6.07, 6.45) is 9.25. The Hall–Kier alpha value is -2.10. The molecule has 132 valence electrons. The normalized spacial score (nSPS) is 12.1. The maximum Gasteiger partial charge on any atom is 0.341 e. The molecule has 4 heteroatoms. The van der Waals surface area contributed by atoms with Crippen molar-refractivity contribution >= 4 is 11.9 Å². The van der Waals surface area contributed by atoms with Crippen LogP contribution in [0.5, 0.6) is 5.75 Å². The van der Waals surface area contributed by atoms with Crippen LogP contribution in [0.15, 0.2) is 36.4 Å². The summed E-state index contributed by atoms with van der Waals surface area (Å²) in [4.78, 5) is 24.1. The van der Waals surface area contributed by atoms with Crippen molar-refractivity contribution in [3.8, 4) is 5.75 Å². The van der Waals surface area contributed by atoms with E-state index in [-0.39, 0.29) is 29.8 Å². The highest BCUT2D eigenvalue weighted by molar-refractivity contribution is 5.93. The van der Waals surface area contributed by atoms with E-state index in [1.807, 2.05) is 6.92 Å². The van der Waals surface area contributed by atoms with E-state index >= 15 is 0 Å². The molecule has 0 heterocycles. The number of unbranched alkanes of at least 4 members (excludes halogenated alkanes) is 2. The molecule has 0 aliphatic rings. The Balaban J connectivity index is 2.52.